The van der Waals surface area contributed by atoms with Gasteiger partial charge in [0.1, 0.15) is 0 Å². The van der Waals surface area contributed by atoms with Gasteiger partial charge in [0.2, 0.25) is 5.91 Å². The highest BCUT2D eigenvalue weighted by atomic mass is 16.3. The lowest BCUT2D eigenvalue weighted by atomic mass is 9.79. The van der Waals surface area contributed by atoms with Crippen LogP contribution in [0.1, 0.15) is 66.2 Å². The van der Waals surface area contributed by atoms with Gasteiger partial charge in [-0.3, -0.25) is 4.79 Å². The Kier molecular flexibility index (Phi) is 6.49. The summed E-state index contributed by atoms with van der Waals surface area (Å²) >= 11 is 0. The van der Waals surface area contributed by atoms with Crippen molar-refractivity contribution >= 4 is 5.91 Å². The molecule has 0 aromatic heterocycles. The molecule has 4 heteroatoms. The quantitative estimate of drug-likeness (QED) is 0.817. The second-order valence-electron chi connectivity index (χ2n) is 8.72. The summed E-state index contributed by atoms with van der Waals surface area (Å²) in [4.78, 5) is 15.0. The lowest BCUT2D eigenvalue weighted by molar-refractivity contribution is -0.131. The molecule has 2 aliphatic rings. The molecular formula is C19H36N2O2. The summed E-state index contributed by atoms with van der Waals surface area (Å²) in [5, 5.41) is 12.9. The number of hydrogen-bond acceptors (Lipinski definition) is 3. The molecule has 1 saturated carbocycles. The summed E-state index contributed by atoms with van der Waals surface area (Å²) in [5.74, 6) is 1.78. The van der Waals surface area contributed by atoms with Gasteiger partial charge in [0.05, 0.1) is 11.5 Å². The first-order valence-corrected chi connectivity index (χ1v) is 9.49. The number of carbonyl (C=O) groups excluding carboxylic acids is 1. The Labute approximate surface area is 142 Å². The predicted molar refractivity (Wildman–Crippen MR) is 94.2 cm³/mol. The number of likely N-dealkylation sites (tertiary alicyclic amines) is 1. The van der Waals surface area contributed by atoms with Crippen molar-refractivity contribution in [2.24, 2.45) is 17.3 Å². The Morgan fingerprint density at radius 2 is 1.70 bits per heavy atom. The van der Waals surface area contributed by atoms with E-state index in [1.54, 1.807) is 0 Å². The molecule has 1 saturated heterocycles. The molecular weight excluding hydrogens is 288 g/mol. The number of hydrogen-bond donors (Lipinski definition) is 2. The van der Waals surface area contributed by atoms with Gasteiger partial charge in [0.25, 0.3) is 0 Å². The fourth-order valence-corrected chi connectivity index (χ4v) is 4.02. The number of nitrogens with one attached hydrogen (secondary N) is 1. The highest BCUT2D eigenvalue weighted by Gasteiger charge is 2.33. The molecule has 23 heavy (non-hydrogen) atoms. The van der Waals surface area contributed by atoms with E-state index in [0.717, 1.165) is 57.2 Å². The molecule has 0 radical (unpaired) electrons. The minimum Gasteiger partial charge on any atom is -0.393 e. The van der Waals surface area contributed by atoms with Gasteiger partial charge in [0.15, 0.2) is 0 Å². The number of rotatable bonds is 5. The van der Waals surface area contributed by atoms with Crippen molar-refractivity contribution in [3.8, 4) is 0 Å². The van der Waals surface area contributed by atoms with Crippen LogP contribution in [0.3, 0.4) is 0 Å². The van der Waals surface area contributed by atoms with Gasteiger partial charge in [-0.1, -0.05) is 13.8 Å². The predicted octanol–water partition coefficient (Wildman–Crippen LogP) is 2.80. The summed E-state index contributed by atoms with van der Waals surface area (Å²) in [7, 11) is 0. The molecule has 0 spiro atoms. The Morgan fingerprint density at radius 3 is 2.22 bits per heavy atom. The van der Waals surface area contributed by atoms with Crippen LogP contribution in [-0.2, 0) is 4.79 Å². The van der Waals surface area contributed by atoms with E-state index in [0.29, 0.717) is 6.04 Å². The summed E-state index contributed by atoms with van der Waals surface area (Å²) in [6.45, 7) is 11.3. The molecule has 2 fully saturated rings. The zero-order valence-electron chi connectivity index (χ0n) is 15.5. The van der Waals surface area contributed by atoms with E-state index in [1.807, 2.05) is 13.8 Å². The van der Waals surface area contributed by atoms with Crippen LogP contribution in [0.2, 0.25) is 0 Å². The van der Waals surface area contributed by atoms with Crippen LogP contribution < -0.4 is 5.32 Å². The van der Waals surface area contributed by atoms with Crippen molar-refractivity contribution < 1.29 is 9.90 Å². The van der Waals surface area contributed by atoms with Crippen molar-refractivity contribution in [3.63, 3.8) is 0 Å². The summed E-state index contributed by atoms with van der Waals surface area (Å²) in [6.07, 6.45) is 6.24. The molecule has 0 aromatic carbocycles. The van der Waals surface area contributed by atoms with Gasteiger partial charge in [-0.05, 0) is 64.2 Å². The maximum atomic E-state index is 12.7. The van der Waals surface area contributed by atoms with E-state index in [4.69, 9.17) is 0 Å². The number of aliphatic hydroxyl groups excluding tert-OH is 1. The van der Waals surface area contributed by atoms with Gasteiger partial charge in [-0.2, -0.15) is 0 Å². The number of carbonyl (C=O) groups is 1. The van der Waals surface area contributed by atoms with Gasteiger partial charge >= 0.3 is 0 Å². The number of amides is 1. The van der Waals surface area contributed by atoms with Gasteiger partial charge in [0, 0.05) is 25.7 Å². The first-order chi connectivity index (χ1) is 10.8. The minimum atomic E-state index is -0.364. The topological polar surface area (TPSA) is 52.6 Å². The van der Waals surface area contributed by atoms with E-state index in [1.165, 1.54) is 12.8 Å². The average molecular weight is 325 g/mol. The number of nitrogens with zero attached hydrogens (tertiary/aromatic N) is 1. The molecule has 134 valence electrons. The molecule has 0 atom stereocenters. The molecule has 1 aliphatic heterocycles. The van der Waals surface area contributed by atoms with Crippen LogP contribution in [0.4, 0.5) is 0 Å². The van der Waals surface area contributed by atoms with Crippen LogP contribution in [0, 0.1) is 17.3 Å². The zero-order chi connectivity index (χ0) is 17.0. The van der Waals surface area contributed by atoms with E-state index in [2.05, 4.69) is 24.1 Å². The van der Waals surface area contributed by atoms with Crippen molar-refractivity contribution in [1.82, 2.24) is 10.2 Å². The molecule has 2 N–H and O–H groups in total. The highest BCUT2D eigenvalue weighted by Crippen LogP contribution is 2.30. The second-order valence-corrected chi connectivity index (χ2v) is 8.72. The number of piperidine rings is 1. The van der Waals surface area contributed by atoms with Gasteiger partial charge in [-0.15, -0.1) is 0 Å². The summed E-state index contributed by atoms with van der Waals surface area (Å²) in [6, 6.07) is 0.361. The van der Waals surface area contributed by atoms with E-state index >= 15 is 0 Å². The summed E-state index contributed by atoms with van der Waals surface area (Å²) in [5.41, 5.74) is -0.364. The average Bonchev–Trinajstić information content (AvgIpc) is 2.50. The molecule has 1 amide bonds. The molecule has 4 nitrogen and oxygen atoms in total. The third kappa shape index (κ3) is 5.46. The first kappa shape index (κ1) is 18.7. The van der Waals surface area contributed by atoms with Crippen molar-refractivity contribution in [1.29, 1.82) is 0 Å². The first-order valence-electron chi connectivity index (χ1n) is 9.49. The van der Waals surface area contributed by atoms with Crippen LogP contribution in [0.25, 0.3) is 0 Å². The van der Waals surface area contributed by atoms with E-state index in [-0.39, 0.29) is 17.4 Å². The highest BCUT2D eigenvalue weighted by molar-refractivity contribution is 5.82. The lowest BCUT2D eigenvalue weighted by Crippen LogP contribution is -2.50. The van der Waals surface area contributed by atoms with Crippen LogP contribution in [0.5, 0.6) is 0 Å². The Hall–Kier alpha value is -0.610. The van der Waals surface area contributed by atoms with Crippen molar-refractivity contribution in [3.05, 3.63) is 0 Å². The smallest absolute Gasteiger partial charge is 0.227 e. The molecule has 2 rings (SSSR count). The van der Waals surface area contributed by atoms with Gasteiger partial charge in [-0.25, -0.2) is 0 Å². The van der Waals surface area contributed by atoms with Crippen molar-refractivity contribution in [2.45, 2.75) is 78.4 Å². The number of aliphatic hydroxyl groups is 1. The maximum absolute atomic E-state index is 12.7. The Morgan fingerprint density at radius 1 is 1.13 bits per heavy atom. The largest absolute Gasteiger partial charge is 0.393 e. The van der Waals surface area contributed by atoms with Crippen LogP contribution >= 0.6 is 0 Å². The standard InChI is InChI=1S/C19H36N2O2/c1-14(2)15-5-7-16(8-6-15)20-18(23)19(3,4)13-21-11-9-17(22)10-12-21/h14-17,22H,5-13H2,1-4H3,(H,20,23). The minimum absolute atomic E-state index is 0.153. The van der Waals surface area contributed by atoms with E-state index in [9.17, 15) is 9.90 Å². The van der Waals surface area contributed by atoms with Gasteiger partial charge < -0.3 is 15.3 Å². The third-order valence-corrected chi connectivity index (χ3v) is 5.84. The molecule has 0 aromatic rings. The third-order valence-electron chi connectivity index (χ3n) is 5.84. The van der Waals surface area contributed by atoms with E-state index < -0.39 is 0 Å². The zero-order valence-corrected chi connectivity index (χ0v) is 15.5. The maximum Gasteiger partial charge on any atom is 0.227 e. The SMILES string of the molecule is CC(C)C1CCC(NC(=O)C(C)(C)CN2CCC(O)CC2)CC1. The second kappa shape index (κ2) is 7.98. The molecule has 1 heterocycles. The summed E-state index contributed by atoms with van der Waals surface area (Å²) < 4.78 is 0. The van der Waals surface area contributed by atoms with Crippen LogP contribution in [0.15, 0.2) is 0 Å². The van der Waals surface area contributed by atoms with Crippen molar-refractivity contribution in [2.75, 3.05) is 19.6 Å². The fourth-order valence-electron chi connectivity index (χ4n) is 4.02. The molecule has 0 unspecified atom stereocenters. The lowest BCUT2D eigenvalue weighted by Gasteiger charge is -2.37. The molecule has 1 aliphatic carbocycles. The normalized spacial score (nSPS) is 28.1. The Balaban J connectivity index is 1.77. The molecule has 0 bridgehead atoms. The van der Waals surface area contributed by atoms with Crippen LogP contribution in [-0.4, -0.2) is 47.7 Å². The fraction of sp³-hybridized carbons (Fsp3) is 0.947. The Bertz CT molecular complexity index is 379. The monoisotopic (exact) mass is 324 g/mol.